The summed E-state index contributed by atoms with van der Waals surface area (Å²) in [6.45, 7) is 1.89. The summed E-state index contributed by atoms with van der Waals surface area (Å²) in [5.41, 5.74) is 1.35. The molecule has 2 fully saturated rings. The van der Waals surface area contributed by atoms with Crippen LogP contribution in [0.15, 0.2) is 24.3 Å². The lowest BCUT2D eigenvalue weighted by Crippen LogP contribution is -2.39. The third-order valence-electron chi connectivity index (χ3n) is 4.15. The van der Waals surface area contributed by atoms with Gasteiger partial charge in [-0.15, -0.1) is 0 Å². The van der Waals surface area contributed by atoms with Gasteiger partial charge in [-0.2, -0.15) is 12.7 Å². The van der Waals surface area contributed by atoms with Crippen molar-refractivity contribution in [2.75, 3.05) is 29.3 Å². The van der Waals surface area contributed by atoms with Gasteiger partial charge in [-0.25, -0.2) is 0 Å². The zero-order chi connectivity index (χ0) is 15.6. The topological polar surface area (TPSA) is 69.7 Å². The molecule has 0 unspecified atom stereocenters. The number of amides is 1. The summed E-state index contributed by atoms with van der Waals surface area (Å²) in [4.78, 5) is 13.4. The van der Waals surface area contributed by atoms with Crippen LogP contribution in [0.1, 0.15) is 32.1 Å². The van der Waals surface area contributed by atoms with Gasteiger partial charge in [-0.3, -0.25) is 9.52 Å². The minimum atomic E-state index is -3.48. The minimum absolute atomic E-state index is 0.127. The molecule has 1 N–H and O–H groups in total. The van der Waals surface area contributed by atoms with Crippen LogP contribution in [0, 0.1) is 0 Å². The van der Waals surface area contributed by atoms with Crippen LogP contribution in [-0.2, 0) is 15.0 Å². The van der Waals surface area contributed by atoms with Crippen LogP contribution in [0.5, 0.6) is 0 Å². The molecule has 1 amide bonds. The van der Waals surface area contributed by atoms with Crippen molar-refractivity contribution in [1.29, 1.82) is 0 Å². The third-order valence-corrected chi connectivity index (χ3v) is 5.69. The first kappa shape index (κ1) is 15.3. The van der Waals surface area contributed by atoms with Crippen LogP contribution < -0.4 is 9.62 Å². The van der Waals surface area contributed by atoms with E-state index >= 15 is 0 Å². The summed E-state index contributed by atoms with van der Waals surface area (Å²) in [6, 6.07) is 7.00. The molecule has 0 aliphatic carbocycles. The molecule has 0 saturated carbocycles. The Labute approximate surface area is 131 Å². The average Bonchev–Trinajstić information content (AvgIpc) is 2.95. The number of anilines is 2. The van der Waals surface area contributed by atoms with E-state index in [0.29, 0.717) is 25.2 Å². The summed E-state index contributed by atoms with van der Waals surface area (Å²) in [7, 11) is -3.48. The Morgan fingerprint density at radius 3 is 2.18 bits per heavy atom. The molecule has 6 nitrogen and oxygen atoms in total. The molecule has 120 valence electrons. The summed E-state index contributed by atoms with van der Waals surface area (Å²) < 4.78 is 28.7. The predicted molar refractivity (Wildman–Crippen MR) is 86.0 cm³/mol. The molecule has 0 aromatic heterocycles. The molecule has 2 saturated heterocycles. The smallest absolute Gasteiger partial charge is 0.301 e. The van der Waals surface area contributed by atoms with Gasteiger partial charge in [0.15, 0.2) is 0 Å². The largest absolute Gasteiger partial charge is 0.312 e. The van der Waals surface area contributed by atoms with Crippen molar-refractivity contribution in [1.82, 2.24) is 4.31 Å². The molecule has 0 atom stereocenters. The maximum absolute atomic E-state index is 12.3. The van der Waals surface area contributed by atoms with Crippen LogP contribution in [-0.4, -0.2) is 38.3 Å². The van der Waals surface area contributed by atoms with Crippen LogP contribution in [0.4, 0.5) is 11.4 Å². The van der Waals surface area contributed by atoms with Crippen molar-refractivity contribution in [2.24, 2.45) is 0 Å². The van der Waals surface area contributed by atoms with Crippen LogP contribution in [0.3, 0.4) is 0 Å². The molecule has 0 bridgehead atoms. The van der Waals surface area contributed by atoms with Gasteiger partial charge in [-0.1, -0.05) is 6.42 Å². The Kier molecular flexibility index (Phi) is 4.35. The van der Waals surface area contributed by atoms with Crippen molar-refractivity contribution < 1.29 is 13.2 Å². The van der Waals surface area contributed by atoms with Gasteiger partial charge in [0.2, 0.25) is 5.91 Å². The van der Waals surface area contributed by atoms with E-state index in [0.717, 1.165) is 37.9 Å². The van der Waals surface area contributed by atoms with Gasteiger partial charge in [0.05, 0.1) is 0 Å². The first-order valence-electron chi connectivity index (χ1n) is 7.74. The highest BCUT2D eigenvalue weighted by atomic mass is 32.2. The third kappa shape index (κ3) is 3.25. The number of carbonyl (C=O) groups is 1. The van der Waals surface area contributed by atoms with Crippen molar-refractivity contribution in [3.05, 3.63) is 24.3 Å². The molecule has 2 heterocycles. The standard InChI is InChI=1S/C15H21N3O3S/c19-15-5-4-12-18(15)14-8-6-13(7-9-14)16-22(20,21)17-10-2-1-3-11-17/h6-9,16H,1-5,10-12H2. The summed E-state index contributed by atoms with van der Waals surface area (Å²) >= 11 is 0. The Balaban J connectivity index is 1.69. The molecule has 2 aliphatic heterocycles. The Morgan fingerprint density at radius 2 is 1.59 bits per heavy atom. The number of piperidine rings is 1. The van der Waals surface area contributed by atoms with Gasteiger partial charge < -0.3 is 4.90 Å². The number of hydrogen-bond acceptors (Lipinski definition) is 3. The quantitative estimate of drug-likeness (QED) is 0.921. The van der Waals surface area contributed by atoms with Crippen molar-refractivity contribution in [2.45, 2.75) is 32.1 Å². The fourth-order valence-corrected chi connectivity index (χ4v) is 4.25. The lowest BCUT2D eigenvalue weighted by molar-refractivity contribution is -0.117. The second kappa shape index (κ2) is 6.26. The average molecular weight is 323 g/mol. The number of benzene rings is 1. The molecule has 7 heteroatoms. The number of rotatable bonds is 4. The predicted octanol–water partition coefficient (Wildman–Crippen LogP) is 1.96. The molecule has 0 spiro atoms. The van der Waals surface area contributed by atoms with Crippen LogP contribution in [0.25, 0.3) is 0 Å². The van der Waals surface area contributed by atoms with Gasteiger partial charge >= 0.3 is 10.2 Å². The molecule has 1 aromatic rings. The molecule has 2 aliphatic rings. The second-order valence-electron chi connectivity index (χ2n) is 5.76. The normalized spacial score (nSPS) is 20.4. The van der Waals surface area contributed by atoms with E-state index in [1.54, 1.807) is 29.2 Å². The van der Waals surface area contributed by atoms with E-state index < -0.39 is 10.2 Å². The molecule has 3 rings (SSSR count). The molecular weight excluding hydrogens is 302 g/mol. The van der Waals surface area contributed by atoms with Gasteiger partial charge in [0.1, 0.15) is 0 Å². The summed E-state index contributed by atoms with van der Waals surface area (Å²) in [6.07, 6.45) is 4.38. The van der Waals surface area contributed by atoms with Crippen LogP contribution in [0.2, 0.25) is 0 Å². The minimum Gasteiger partial charge on any atom is -0.312 e. The lowest BCUT2D eigenvalue weighted by Gasteiger charge is -2.26. The molecule has 22 heavy (non-hydrogen) atoms. The zero-order valence-corrected chi connectivity index (χ0v) is 13.3. The van der Waals surface area contributed by atoms with Crippen LogP contribution >= 0.6 is 0 Å². The first-order chi connectivity index (χ1) is 10.6. The van der Waals surface area contributed by atoms with E-state index in [4.69, 9.17) is 0 Å². The van der Waals surface area contributed by atoms with Gasteiger partial charge in [0.25, 0.3) is 0 Å². The fourth-order valence-electron chi connectivity index (χ4n) is 2.95. The van der Waals surface area contributed by atoms with Crippen molar-refractivity contribution in [3.8, 4) is 0 Å². The summed E-state index contributed by atoms with van der Waals surface area (Å²) in [5.74, 6) is 0.127. The number of carbonyl (C=O) groups excluding carboxylic acids is 1. The van der Waals surface area contributed by atoms with Gasteiger partial charge in [0, 0.05) is 37.4 Å². The molecular formula is C15H21N3O3S. The first-order valence-corrected chi connectivity index (χ1v) is 9.19. The summed E-state index contributed by atoms with van der Waals surface area (Å²) in [5, 5.41) is 0. The fraction of sp³-hybridized carbons (Fsp3) is 0.533. The maximum atomic E-state index is 12.3. The van der Waals surface area contributed by atoms with Crippen molar-refractivity contribution >= 4 is 27.5 Å². The number of hydrogen-bond donors (Lipinski definition) is 1. The monoisotopic (exact) mass is 323 g/mol. The van der Waals surface area contributed by atoms with Crippen molar-refractivity contribution in [3.63, 3.8) is 0 Å². The van der Waals surface area contributed by atoms with E-state index in [1.165, 1.54) is 4.31 Å². The highest BCUT2D eigenvalue weighted by Gasteiger charge is 2.24. The molecule has 1 aromatic carbocycles. The SMILES string of the molecule is O=C1CCCN1c1ccc(NS(=O)(=O)N2CCCCC2)cc1. The van der Waals surface area contributed by atoms with Gasteiger partial charge in [-0.05, 0) is 43.5 Å². The van der Waals surface area contributed by atoms with E-state index in [9.17, 15) is 13.2 Å². The Bertz CT molecular complexity index is 637. The highest BCUT2D eigenvalue weighted by Crippen LogP contribution is 2.24. The highest BCUT2D eigenvalue weighted by molar-refractivity contribution is 7.90. The van der Waals surface area contributed by atoms with E-state index in [2.05, 4.69) is 4.72 Å². The number of nitrogens with zero attached hydrogens (tertiary/aromatic N) is 2. The van der Waals surface area contributed by atoms with E-state index in [-0.39, 0.29) is 5.91 Å². The number of nitrogens with one attached hydrogen (secondary N) is 1. The lowest BCUT2D eigenvalue weighted by atomic mass is 10.2. The second-order valence-corrected chi connectivity index (χ2v) is 7.43. The molecule has 0 radical (unpaired) electrons. The zero-order valence-electron chi connectivity index (χ0n) is 12.5. The Morgan fingerprint density at radius 1 is 0.909 bits per heavy atom. The maximum Gasteiger partial charge on any atom is 0.301 e. The van der Waals surface area contributed by atoms with E-state index in [1.807, 2.05) is 0 Å². The Hall–Kier alpha value is -1.60.